The zero-order chi connectivity index (χ0) is 67.5. The molecule has 4 aromatic carbocycles. The predicted octanol–water partition coefficient (Wildman–Crippen LogP) is 17.8. The Hall–Kier alpha value is -7.48. The molecule has 6 aliphatic rings. The summed E-state index contributed by atoms with van der Waals surface area (Å²) in [5.74, 6) is 2.41. The van der Waals surface area contributed by atoms with Crippen molar-refractivity contribution < 1.29 is 47.8 Å². The molecule has 14 nitrogen and oxygen atoms in total. The van der Waals surface area contributed by atoms with Crippen molar-refractivity contribution in [3.63, 3.8) is 0 Å². The highest BCUT2D eigenvalue weighted by molar-refractivity contribution is 6.22. The van der Waals surface area contributed by atoms with E-state index in [1.54, 1.807) is 41.3 Å². The molecule has 0 radical (unpaired) electrons. The van der Waals surface area contributed by atoms with E-state index in [2.05, 4.69) is 55.4 Å². The number of carbonyl (C=O) groups excluding carboxylic acids is 8. The summed E-state index contributed by atoms with van der Waals surface area (Å²) in [5, 5.41) is 0. The first-order valence-corrected chi connectivity index (χ1v) is 36.5. The lowest BCUT2D eigenvalue weighted by Gasteiger charge is -2.47. The van der Waals surface area contributed by atoms with Gasteiger partial charge < -0.3 is 9.47 Å². The second-order valence-electron chi connectivity index (χ2n) is 29.3. The van der Waals surface area contributed by atoms with Gasteiger partial charge in [-0.2, -0.15) is 0 Å². The van der Waals surface area contributed by atoms with Gasteiger partial charge in [0.1, 0.15) is 23.0 Å². The molecule has 14 heteroatoms. The normalized spacial score (nSPS) is 23.4. The second kappa shape index (κ2) is 32.0. The quantitative estimate of drug-likeness (QED) is 0.0324. The van der Waals surface area contributed by atoms with Crippen LogP contribution in [0.3, 0.4) is 0 Å². The smallest absolute Gasteiger partial charge is 0.261 e. The molecule has 0 N–H and O–H groups in total. The first-order valence-electron chi connectivity index (χ1n) is 36.5. The number of benzene rings is 4. The van der Waals surface area contributed by atoms with Gasteiger partial charge >= 0.3 is 0 Å². The summed E-state index contributed by atoms with van der Waals surface area (Å²) in [6, 6.07) is 25.8. The predicted molar refractivity (Wildman–Crippen MR) is 371 cm³/mol. The van der Waals surface area contributed by atoms with Crippen LogP contribution >= 0.6 is 0 Å². The lowest BCUT2D eigenvalue weighted by Crippen LogP contribution is -2.51. The average Bonchev–Trinajstić information content (AvgIpc) is 1.65. The maximum Gasteiger partial charge on any atom is 0.261 e. The monoisotopic (exact) mass is 1290 g/mol. The molecule has 2 aliphatic carbocycles. The van der Waals surface area contributed by atoms with Crippen molar-refractivity contribution in [1.29, 1.82) is 0 Å². The van der Waals surface area contributed by atoms with Crippen molar-refractivity contribution in [2.45, 2.75) is 227 Å². The summed E-state index contributed by atoms with van der Waals surface area (Å²) >= 11 is 0. The standard InChI is InChI=1S/C81H104N4O10/c1-9-11-13-17-22-26-69(84-73(88)46-47-74(84)89)76-56(6)54(4)29-31-58(76)48-50-83-77(90)65-42-40-63(51-67(65)78(83)91)94-61-36-32-59(33-37-61)81(7,8)60-34-38-62(39-35-60)95-64-41-43-66-68(52-64)80(93)85(79(66)92)70(27-23-18-14-12-10-2)75-55(5)53(3)28-30-57(75)25-21-19-15-16-20-24-49-82-71(86)44-45-72(82)87/h32-47,51-58,69-70,75-76H,9-31,48-50H2,1-8H3. The summed E-state index contributed by atoms with van der Waals surface area (Å²) in [7, 11) is 0. The highest BCUT2D eigenvalue weighted by Gasteiger charge is 2.49. The summed E-state index contributed by atoms with van der Waals surface area (Å²) in [4.78, 5) is 114. The number of imide groups is 4. The molecular formula is C81H104N4O10. The van der Waals surface area contributed by atoms with Crippen molar-refractivity contribution in [3.8, 4) is 23.0 Å². The van der Waals surface area contributed by atoms with Gasteiger partial charge in [-0.25, -0.2) is 0 Å². The van der Waals surface area contributed by atoms with Gasteiger partial charge in [-0.15, -0.1) is 0 Å². The van der Waals surface area contributed by atoms with Crippen LogP contribution in [0.4, 0.5) is 0 Å². The van der Waals surface area contributed by atoms with Gasteiger partial charge in [-0.3, -0.25) is 58.0 Å². The number of carbonyl (C=O) groups is 8. The molecule has 4 heterocycles. The number of unbranched alkanes of at least 4 members (excludes halogenated alkanes) is 13. The van der Waals surface area contributed by atoms with Gasteiger partial charge in [0.15, 0.2) is 0 Å². The maximum atomic E-state index is 14.8. The molecule has 10 atom stereocenters. The van der Waals surface area contributed by atoms with Gasteiger partial charge in [0.05, 0.1) is 22.3 Å². The number of amides is 8. The molecule has 10 unspecified atom stereocenters. The Kier molecular flexibility index (Phi) is 23.7. The van der Waals surface area contributed by atoms with Crippen LogP contribution in [0, 0.1) is 47.3 Å². The number of rotatable bonds is 34. The summed E-state index contributed by atoms with van der Waals surface area (Å²) < 4.78 is 12.8. The van der Waals surface area contributed by atoms with E-state index < -0.39 is 5.41 Å². The van der Waals surface area contributed by atoms with Crippen LogP contribution in [0.15, 0.2) is 109 Å². The van der Waals surface area contributed by atoms with Crippen molar-refractivity contribution in [2.75, 3.05) is 13.1 Å². The highest BCUT2D eigenvalue weighted by atomic mass is 16.5. The van der Waals surface area contributed by atoms with Crippen LogP contribution in [0.2, 0.25) is 0 Å². The fourth-order valence-electron chi connectivity index (χ4n) is 16.9. The van der Waals surface area contributed by atoms with E-state index in [1.807, 2.05) is 48.5 Å². The topological polar surface area (TPSA) is 168 Å². The molecule has 95 heavy (non-hydrogen) atoms. The summed E-state index contributed by atoms with van der Waals surface area (Å²) in [6.07, 6.45) is 29.9. The van der Waals surface area contributed by atoms with Crippen LogP contribution in [-0.2, 0) is 24.6 Å². The highest BCUT2D eigenvalue weighted by Crippen LogP contribution is 2.49. The zero-order valence-corrected chi connectivity index (χ0v) is 57.9. The molecule has 2 fully saturated rings. The number of ether oxygens (including phenoxy) is 2. The third-order valence-electron chi connectivity index (χ3n) is 23.0. The molecule has 4 aromatic rings. The van der Waals surface area contributed by atoms with Crippen molar-refractivity contribution >= 4 is 47.3 Å². The lowest BCUT2D eigenvalue weighted by molar-refractivity contribution is -0.143. The fraction of sp³-hybridized carbons (Fsp3) is 0.556. The number of nitrogens with zero attached hydrogens (tertiary/aromatic N) is 4. The Balaban J connectivity index is 0.745. The van der Waals surface area contributed by atoms with E-state index in [4.69, 9.17) is 9.47 Å². The molecule has 4 aliphatic heterocycles. The van der Waals surface area contributed by atoms with Gasteiger partial charge in [0.25, 0.3) is 47.3 Å². The Morgan fingerprint density at radius 3 is 1.32 bits per heavy atom. The largest absolute Gasteiger partial charge is 0.457 e. The van der Waals surface area contributed by atoms with Gasteiger partial charge in [-0.05, 0) is 158 Å². The second-order valence-corrected chi connectivity index (χ2v) is 29.3. The van der Waals surface area contributed by atoms with E-state index in [1.165, 1.54) is 45.4 Å². The van der Waals surface area contributed by atoms with Crippen molar-refractivity contribution in [3.05, 3.63) is 143 Å². The summed E-state index contributed by atoms with van der Waals surface area (Å²) in [6.45, 7) is 18.7. The molecule has 0 saturated heterocycles. The van der Waals surface area contributed by atoms with Crippen LogP contribution in [0.5, 0.6) is 23.0 Å². The van der Waals surface area contributed by atoms with E-state index in [0.717, 1.165) is 152 Å². The molecule has 10 rings (SSSR count). The van der Waals surface area contributed by atoms with Crippen LogP contribution in [0.25, 0.3) is 0 Å². The van der Waals surface area contributed by atoms with Crippen LogP contribution < -0.4 is 9.47 Å². The molecule has 2 saturated carbocycles. The number of hydrogen-bond donors (Lipinski definition) is 0. The third kappa shape index (κ3) is 16.0. The fourth-order valence-corrected chi connectivity index (χ4v) is 16.9. The molecule has 8 amide bonds. The van der Waals surface area contributed by atoms with E-state index in [9.17, 15) is 38.4 Å². The van der Waals surface area contributed by atoms with Gasteiger partial charge in [-0.1, -0.05) is 195 Å². The van der Waals surface area contributed by atoms with Crippen LogP contribution in [0.1, 0.15) is 262 Å². The maximum absolute atomic E-state index is 14.8. The van der Waals surface area contributed by atoms with E-state index in [-0.39, 0.29) is 89.6 Å². The average molecular weight is 1290 g/mol. The van der Waals surface area contributed by atoms with Gasteiger partial charge in [0.2, 0.25) is 0 Å². The minimum absolute atomic E-state index is 0.0552. The van der Waals surface area contributed by atoms with Gasteiger partial charge in [0, 0.05) is 54.9 Å². The lowest BCUT2D eigenvalue weighted by atomic mass is 9.63. The molecule has 508 valence electrons. The Morgan fingerprint density at radius 2 is 0.800 bits per heavy atom. The summed E-state index contributed by atoms with van der Waals surface area (Å²) in [5.41, 5.74) is 3.17. The molecule has 0 spiro atoms. The third-order valence-corrected chi connectivity index (χ3v) is 23.0. The van der Waals surface area contributed by atoms with Crippen molar-refractivity contribution in [2.24, 2.45) is 47.3 Å². The molecule has 0 bridgehead atoms. The first kappa shape index (κ1) is 70.3. The number of hydrogen-bond acceptors (Lipinski definition) is 10. The minimum Gasteiger partial charge on any atom is -0.457 e. The van der Waals surface area contributed by atoms with E-state index in [0.29, 0.717) is 81.9 Å². The number of fused-ring (bicyclic) bond motifs is 2. The first-order chi connectivity index (χ1) is 45.8. The SMILES string of the molecule is CCCCCCCC(C1C(CCN2C(=O)c3ccc(Oc4ccc(C(C)(C)c5ccc(Oc6ccc7c(c6)C(=O)N(C(CCCCCCC)C6C(CCCCCCCCN8C(=O)C=CC8=O)CCC(C)C6C)C7=O)cc5)cc4)cc3C2=O)CCC(C)C1C)N1C(=O)C=CC1=O. The van der Waals surface area contributed by atoms with E-state index >= 15 is 0 Å². The Morgan fingerprint density at radius 1 is 0.400 bits per heavy atom. The Labute approximate surface area is 565 Å². The molecule has 0 aromatic heterocycles. The van der Waals surface area contributed by atoms with Crippen molar-refractivity contribution in [1.82, 2.24) is 19.6 Å². The van der Waals surface area contributed by atoms with Crippen LogP contribution in [-0.4, -0.2) is 92.0 Å². The minimum atomic E-state index is -0.424. The Bertz CT molecular complexity index is 3440. The molecular weight excluding hydrogens is 1190 g/mol. The zero-order valence-electron chi connectivity index (χ0n) is 57.9.